The molecule has 1 aliphatic heterocycles. The Hall–Kier alpha value is -2.13. The maximum atomic E-state index is 13.0. The molecule has 0 N–H and O–H groups in total. The maximum Gasteiger partial charge on any atom is 0.253 e. The smallest absolute Gasteiger partial charge is 0.253 e. The van der Waals surface area contributed by atoms with Crippen molar-refractivity contribution in [3.8, 4) is 0 Å². The topological polar surface area (TPSA) is 23.6 Å². The Morgan fingerprint density at radius 3 is 2.00 bits per heavy atom. The van der Waals surface area contributed by atoms with Gasteiger partial charge in [0.1, 0.15) is 0 Å². The number of piperazine rings is 1. The lowest BCUT2D eigenvalue weighted by Gasteiger charge is -2.44. The van der Waals surface area contributed by atoms with Crippen molar-refractivity contribution in [2.45, 2.75) is 58.7 Å². The van der Waals surface area contributed by atoms with Crippen LogP contribution in [0.1, 0.15) is 56.1 Å². The van der Waals surface area contributed by atoms with Crippen LogP contribution in [0.5, 0.6) is 0 Å². The zero-order valence-corrected chi connectivity index (χ0v) is 17.3. The van der Waals surface area contributed by atoms with Gasteiger partial charge in [0.25, 0.3) is 5.91 Å². The van der Waals surface area contributed by atoms with Crippen molar-refractivity contribution in [2.75, 3.05) is 13.1 Å². The van der Waals surface area contributed by atoms with Crippen LogP contribution in [0, 0.1) is 0 Å². The molecule has 1 heterocycles. The molecule has 0 aromatic heterocycles. The number of carbonyl (C=O) groups excluding carboxylic acids is 1. The molecular weight excluding hydrogens is 332 g/mol. The number of hydrogen-bond donors (Lipinski definition) is 0. The van der Waals surface area contributed by atoms with Crippen molar-refractivity contribution in [3.63, 3.8) is 0 Å². The summed E-state index contributed by atoms with van der Waals surface area (Å²) < 4.78 is 0. The molecule has 3 nitrogen and oxygen atoms in total. The molecule has 144 valence electrons. The van der Waals surface area contributed by atoms with Gasteiger partial charge in [0.2, 0.25) is 0 Å². The standard InChI is InChI=1S/C24H32N2O/c1-18-15-25(16-19(2)26(18)17-20-9-7-6-8-10-20)23(27)21-11-13-22(14-12-21)24(3,4)5/h6-14,18-19H,15-17H2,1-5H3. The molecule has 0 aliphatic carbocycles. The molecule has 0 radical (unpaired) electrons. The second-order valence-corrected chi connectivity index (χ2v) is 8.89. The van der Waals surface area contributed by atoms with E-state index in [9.17, 15) is 4.79 Å². The maximum absolute atomic E-state index is 13.0. The SMILES string of the molecule is CC1CN(C(=O)c2ccc(C(C)(C)C)cc2)CC(C)N1Cc1ccccc1. The van der Waals surface area contributed by atoms with Gasteiger partial charge in [-0.3, -0.25) is 9.69 Å². The summed E-state index contributed by atoms with van der Waals surface area (Å²) in [6.45, 7) is 13.5. The summed E-state index contributed by atoms with van der Waals surface area (Å²) in [6.07, 6.45) is 0. The van der Waals surface area contributed by atoms with E-state index in [1.54, 1.807) is 0 Å². The van der Waals surface area contributed by atoms with E-state index < -0.39 is 0 Å². The number of benzene rings is 2. The van der Waals surface area contributed by atoms with Crippen molar-refractivity contribution in [1.29, 1.82) is 0 Å². The fraction of sp³-hybridized carbons (Fsp3) is 0.458. The molecule has 2 aromatic carbocycles. The monoisotopic (exact) mass is 364 g/mol. The largest absolute Gasteiger partial charge is 0.336 e. The Morgan fingerprint density at radius 1 is 0.926 bits per heavy atom. The van der Waals surface area contributed by atoms with E-state index in [0.717, 1.165) is 25.2 Å². The van der Waals surface area contributed by atoms with Gasteiger partial charge in [0.05, 0.1) is 0 Å². The molecule has 1 amide bonds. The van der Waals surface area contributed by atoms with Gasteiger partial charge in [-0.2, -0.15) is 0 Å². The van der Waals surface area contributed by atoms with Crippen LogP contribution in [0.2, 0.25) is 0 Å². The van der Waals surface area contributed by atoms with Crippen LogP contribution in [0.15, 0.2) is 54.6 Å². The Kier molecular flexibility index (Phi) is 5.71. The summed E-state index contributed by atoms with van der Waals surface area (Å²) in [5.41, 5.74) is 3.48. The molecule has 1 fully saturated rings. The van der Waals surface area contributed by atoms with Crippen LogP contribution in [0.25, 0.3) is 0 Å². The van der Waals surface area contributed by atoms with Crippen molar-refractivity contribution in [3.05, 3.63) is 71.3 Å². The highest BCUT2D eigenvalue weighted by Gasteiger charge is 2.32. The average molecular weight is 365 g/mol. The predicted octanol–water partition coefficient (Wildman–Crippen LogP) is 4.72. The minimum atomic E-state index is 0.105. The molecule has 27 heavy (non-hydrogen) atoms. The zero-order valence-electron chi connectivity index (χ0n) is 17.3. The summed E-state index contributed by atoms with van der Waals surface area (Å²) in [7, 11) is 0. The average Bonchev–Trinajstić information content (AvgIpc) is 2.64. The molecule has 0 bridgehead atoms. The van der Waals surface area contributed by atoms with Gasteiger partial charge in [-0.15, -0.1) is 0 Å². The van der Waals surface area contributed by atoms with Crippen LogP contribution < -0.4 is 0 Å². The Balaban J connectivity index is 1.68. The van der Waals surface area contributed by atoms with E-state index >= 15 is 0 Å². The second-order valence-electron chi connectivity index (χ2n) is 8.89. The molecular formula is C24H32N2O. The normalized spacial score (nSPS) is 21.3. The minimum absolute atomic E-state index is 0.105. The lowest BCUT2D eigenvalue weighted by molar-refractivity contribution is 0.0269. The first-order valence-corrected chi connectivity index (χ1v) is 9.95. The Morgan fingerprint density at radius 2 is 1.48 bits per heavy atom. The Labute approximate surface area is 164 Å². The van der Waals surface area contributed by atoms with Gasteiger partial charge in [0.15, 0.2) is 0 Å². The lowest BCUT2D eigenvalue weighted by atomic mass is 9.86. The Bertz CT molecular complexity index is 749. The van der Waals surface area contributed by atoms with E-state index in [2.05, 4.69) is 82.0 Å². The summed E-state index contributed by atoms with van der Waals surface area (Å²) in [4.78, 5) is 17.5. The summed E-state index contributed by atoms with van der Waals surface area (Å²) >= 11 is 0. The molecule has 2 unspecified atom stereocenters. The van der Waals surface area contributed by atoms with E-state index in [0.29, 0.717) is 12.1 Å². The lowest BCUT2D eigenvalue weighted by Crippen LogP contribution is -2.57. The summed E-state index contributed by atoms with van der Waals surface area (Å²) in [6, 6.07) is 19.4. The summed E-state index contributed by atoms with van der Waals surface area (Å²) in [5, 5.41) is 0. The highest BCUT2D eigenvalue weighted by atomic mass is 16.2. The van der Waals surface area contributed by atoms with E-state index in [-0.39, 0.29) is 11.3 Å². The van der Waals surface area contributed by atoms with Gasteiger partial charge in [-0.25, -0.2) is 0 Å². The fourth-order valence-electron chi connectivity index (χ4n) is 3.92. The number of rotatable bonds is 3. The van der Waals surface area contributed by atoms with Crippen LogP contribution in [-0.2, 0) is 12.0 Å². The second kappa shape index (κ2) is 7.85. The molecule has 1 aliphatic rings. The number of carbonyl (C=O) groups is 1. The highest BCUT2D eigenvalue weighted by Crippen LogP contribution is 2.24. The quantitative estimate of drug-likeness (QED) is 0.787. The number of amides is 1. The van der Waals surface area contributed by atoms with Gasteiger partial charge in [-0.05, 0) is 42.5 Å². The molecule has 2 aromatic rings. The van der Waals surface area contributed by atoms with Gasteiger partial charge in [0, 0.05) is 37.3 Å². The third kappa shape index (κ3) is 4.59. The van der Waals surface area contributed by atoms with Crippen molar-refractivity contribution < 1.29 is 4.79 Å². The fourth-order valence-corrected chi connectivity index (χ4v) is 3.92. The molecule has 1 saturated heterocycles. The van der Waals surface area contributed by atoms with Gasteiger partial charge in [-0.1, -0.05) is 63.2 Å². The third-order valence-electron chi connectivity index (χ3n) is 5.59. The van der Waals surface area contributed by atoms with Crippen molar-refractivity contribution in [2.24, 2.45) is 0 Å². The van der Waals surface area contributed by atoms with E-state index in [1.165, 1.54) is 11.1 Å². The van der Waals surface area contributed by atoms with E-state index in [4.69, 9.17) is 0 Å². The van der Waals surface area contributed by atoms with Gasteiger partial charge >= 0.3 is 0 Å². The highest BCUT2D eigenvalue weighted by molar-refractivity contribution is 5.94. The first kappa shape index (κ1) is 19.6. The predicted molar refractivity (Wildman–Crippen MR) is 112 cm³/mol. The van der Waals surface area contributed by atoms with E-state index in [1.807, 2.05) is 17.0 Å². The molecule has 0 spiro atoms. The van der Waals surface area contributed by atoms with Crippen molar-refractivity contribution >= 4 is 5.91 Å². The van der Waals surface area contributed by atoms with Crippen molar-refractivity contribution in [1.82, 2.24) is 9.80 Å². The first-order chi connectivity index (χ1) is 12.8. The van der Waals surface area contributed by atoms with Crippen LogP contribution >= 0.6 is 0 Å². The number of hydrogen-bond acceptors (Lipinski definition) is 2. The number of nitrogens with zero attached hydrogens (tertiary/aromatic N) is 2. The summed E-state index contributed by atoms with van der Waals surface area (Å²) in [5.74, 6) is 0.147. The molecule has 3 heteroatoms. The molecule has 0 saturated carbocycles. The molecule has 3 rings (SSSR count). The zero-order chi connectivity index (χ0) is 19.6. The first-order valence-electron chi connectivity index (χ1n) is 9.95. The molecule has 2 atom stereocenters. The van der Waals surface area contributed by atoms with Crippen LogP contribution in [0.4, 0.5) is 0 Å². The van der Waals surface area contributed by atoms with Gasteiger partial charge < -0.3 is 4.90 Å². The van der Waals surface area contributed by atoms with Crippen LogP contribution in [0.3, 0.4) is 0 Å². The van der Waals surface area contributed by atoms with Crippen LogP contribution in [-0.4, -0.2) is 40.9 Å². The minimum Gasteiger partial charge on any atom is -0.336 e. The third-order valence-corrected chi connectivity index (χ3v) is 5.59.